The number of hydrogen-bond donors (Lipinski definition) is 5. The summed E-state index contributed by atoms with van der Waals surface area (Å²) in [6.45, 7) is 3.93. The molecule has 0 aliphatic heterocycles. The van der Waals surface area contributed by atoms with Crippen LogP contribution in [0.5, 0.6) is 0 Å². The Balaban J connectivity index is 2.00. The van der Waals surface area contributed by atoms with E-state index in [4.69, 9.17) is 20.7 Å². The molecule has 1 aliphatic carbocycles. The van der Waals surface area contributed by atoms with Gasteiger partial charge in [-0.25, -0.2) is 9.86 Å². The van der Waals surface area contributed by atoms with Crippen molar-refractivity contribution >= 4 is 39.3 Å². The van der Waals surface area contributed by atoms with E-state index in [-0.39, 0.29) is 11.8 Å². The number of nitrogen functional groups attached to an aromatic ring is 1. The molecule has 1 amide bonds. The second-order valence-corrected chi connectivity index (χ2v) is 8.57. The van der Waals surface area contributed by atoms with Gasteiger partial charge in [-0.15, -0.1) is 0 Å². The predicted octanol–water partition coefficient (Wildman–Crippen LogP) is 0.0336. The van der Waals surface area contributed by atoms with Crippen molar-refractivity contribution in [2.75, 3.05) is 5.32 Å². The standard InChI is InChI=1S/C20H25N5O4S/c1-3-12-8-14(9-16-11(2)10-29-18(12)16)17(20(26)25-30(23,27)28)24-15-6-4-13(5-7-15)19(21)22/h4-7,9-10,14,17,24H,3,8H2,1-2H3,(H3,21,22)(H,25,26)(H2,23,27,28). The van der Waals surface area contributed by atoms with Crippen LogP contribution in [0.3, 0.4) is 0 Å². The SMILES string of the molecule is CCC1=c2occ(C)c2=CC(C(Nc2ccc(C(=N)N)cc2)C(=O)NS(N)(=O)=O)C1. The van der Waals surface area contributed by atoms with Crippen molar-refractivity contribution in [2.45, 2.75) is 32.7 Å². The first-order chi connectivity index (χ1) is 14.1. The molecule has 0 saturated heterocycles. The van der Waals surface area contributed by atoms with E-state index in [0.29, 0.717) is 17.7 Å². The summed E-state index contributed by atoms with van der Waals surface area (Å²) in [5.74, 6) is -1.16. The number of anilines is 1. The smallest absolute Gasteiger partial charge is 0.298 e. The van der Waals surface area contributed by atoms with Gasteiger partial charge in [0.05, 0.1) is 6.26 Å². The summed E-state index contributed by atoms with van der Waals surface area (Å²) in [4.78, 5) is 12.8. The van der Waals surface area contributed by atoms with Crippen LogP contribution >= 0.6 is 0 Å². The number of fused-ring (bicyclic) bond motifs is 1. The van der Waals surface area contributed by atoms with Gasteiger partial charge in [0.2, 0.25) is 0 Å². The fourth-order valence-electron chi connectivity index (χ4n) is 3.60. The van der Waals surface area contributed by atoms with E-state index < -0.39 is 22.2 Å². The number of furan rings is 1. The normalized spacial score (nSPS) is 16.9. The summed E-state index contributed by atoms with van der Waals surface area (Å²) in [7, 11) is -4.22. The van der Waals surface area contributed by atoms with E-state index in [1.807, 2.05) is 24.6 Å². The summed E-state index contributed by atoms with van der Waals surface area (Å²) in [6, 6.07) is 5.74. The van der Waals surface area contributed by atoms with Crippen molar-refractivity contribution in [1.29, 1.82) is 5.41 Å². The highest BCUT2D eigenvalue weighted by molar-refractivity contribution is 7.87. The molecule has 1 heterocycles. The van der Waals surface area contributed by atoms with Gasteiger partial charge in [-0.3, -0.25) is 10.2 Å². The Labute approximate surface area is 174 Å². The molecular formula is C20H25N5O4S. The highest BCUT2D eigenvalue weighted by Crippen LogP contribution is 2.25. The van der Waals surface area contributed by atoms with Crippen LogP contribution in [-0.4, -0.2) is 26.2 Å². The lowest BCUT2D eigenvalue weighted by Gasteiger charge is -2.27. The lowest BCUT2D eigenvalue weighted by Crippen LogP contribution is -2.49. The van der Waals surface area contributed by atoms with Gasteiger partial charge in [-0.05, 0) is 55.2 Å². The second-order valence-electron chi connectivity index (χ2n) is 7.28. The van der Waals surface area contributed by atoms with Crippen LogP contribution < -0.4 is 31.5 Å². The maximum Gasteiger partial charge on any atom is 0.298 e. The van der Waals surface area contributed by atoms with E-state index in [9.17, 15) is 13.2 Å². The predicted molar refractivity (Wildman–Crippen MR) is 115 cm³/mol. The summed E-state index contributed by atoms with van der Waals surface area (Å²) in [5.41, 5.74) is 9.40. The molecule has 2 atom stereocenters. The monoisotopic (exact) mass is 431 g/mol. The van der Waals surface area contributed by atoms with Gasteiger partial charge in [0.15, 0.2) is 0 Å². The number of rotatable bonds is 7. The number of carbonyl (C=O) groups excluding carboxylic acids is 1. The molecule has 0 fully saturated rings. The number of benzene rings is 1. The van der Waals surface area contributed by atoms with E-state index in [0.717, 1.165) is 28.2 Å². The molecule has 10 heteroatoms. The Morgan fingerprint density at radius 2 is 2.00 bits per heavy atom. The van der Waals surface area contributed by atoms with Crippen molar-refractivity contribution in [3.63, 3.8) is 0 Å². The van der Waals surface area contributed by atoms with Gasteiger partial charge in [0, 0.05) is 22.4 Å². The van der Waals surface area contributed by atoms with E-state index in [2.05, 4.69) is 5.32 Å². The fraction of sp³-hybridized carbons (Fsp3) is 0.300. The molecule has 2 unspecified atom stereocenters. The average Bonchev–Trinajstić information content (AvgIpc) is 3.05. The molecule has 30 heavy (non-hydrogen) atoms. The first-order valence-electron chi connectivity index (χ1n) is 9.42. The van der Waals surface area contributed by atoms with Crippen LogP contribution in [0.15, 0.2) is 34.9 Å². The zero-order valence-electron chi connectivity index (χ0n) is 16.7. The Bertz CT molecular complexity index is 1200. The molecule has 0 bridgehead atoms. The molecule has 160 valence electrons. The molecule has 7 N–H and O–H groups in total. The molecule has 0 radical (unpaired) electrons. The van der Waals surface area contributed by atoms with Crippen LogP contribution in [0.4, 0.5) is 5.69 Å². The number of nitrogens with two attached hydrogens (primary N) is 2. The molecule has 1 aliphatic rings. The Hall–Kier alpha value is -3.11. The number of nitrogens with one attached hydrogen (secondary N) is 3. The van der Waals surface area contributed by atoms with Crippen LogP contribution in [0, 0.1) is 18.3 Å². The minimum atomic E-state index is -4.22. The minimum Gasteiger partial charge on any atom is -0.464 e. The molecule has 1 aromatic carbocycles. The fourth-order valence-corrected chi connectivity index (χ4v) is 4.01. The lowest BCUT2D eigenvalue weighted by atomic mass is 9.86. The largest absolute Gasteiger partial charge is 0.464 e. The highest BCUT2D eigenvalue weighted by Gasteiger charge is 2.31. The van der Waals surface area contributed by atoms with Gasteiger partial charge in [-0.2, -0.15) is 8.42 Å². The number of amidine groups is 1. The second kappa shape index (κ2) is 8.33. The van der Waals surface area contributed by atoms with Gasteiger partial charge in [-0.1, -0.05) is 13.0 Å². The highest BCUT2D eigenvalue weighted by atomic mass is 32.2. The van der Waals surface area contributed by atoms with Crippen molar-refractivity contribution < 1.29 is 17.6 Å². The molecule has 3 rings (SSSR count). The Kier molecular flexibility index (Phi) is 5.99. The number of aryl methyl sites for hydroxylation is 1. The van der Waals surface area contributed by atoms with Crippen molar-refractivity contribution in [3.05, 3.63) is 52.3 Å². The zero-order chi connectivity index (χ0) is 22.1. The van der Waals surface area contributed by atoms with Gasteiger partial charge in [0.1, 0.15) is 17.3 Å². The van der Waals surface area contributed by atoms with E-state index in [1.54, 1.807) is 30.5 Å². The third-order valence-electron chi connectivity index (χ3n) is 5.11. The summed E-state index contributed by atoms with van der Waals surface area (Å²) < 4.78 is 30.5. The maximum absolute atomic E-state index is 12.8. The number of amides is 1. The average molecular weight is 432 g/mol. The Morgan fingerprint density at radius 3 is 2.57 bits per heavy atom. The van der Waals surface area contributed by atoms with Gasteiger partial charge < -0.3 is 15.5 Å². The molecule has 0 saturated carbocycles. The number of carbonyl (C=O) groups is 1. The molecule has 9 nitrogen and oxygen atoms in total. The van der Waals surface area contributed by atoms with Crippen LogP contribution in [0.25, 0.3) is 11.6 Å². The van der Waals surface area contributed by atoms with Crippen molar-refractivity contribution in [3.8, 4) is 0 Å². The third kappa shape index (κ3) is 4.71. The summed E-state index contributed by atoms with van der Waals surface area (Å²) in [6.07, 6.45) is 4.86. The van der Waals surface area contributed by atoms with Crippen LogP contribution in [0.2, 0.25) is 0 Å². The van der Waals surface area contributed by atoms with Crippen LogP contribution in [0.1, 0.15) is 30.9 Å². The molecular weight excluding hydrogens is 406 g/mol. The van der Waals surface area contributed by atoms with Crippen molar-refractivity contribution in [2.24, 2.45) is 16.8 Å². The minimum absolute atomic E-state index is 0.0733. The summed E-state index contributed by atoms with van der Waals surface area (Å²) in [5, 5.41) is 16.5. The maximum atomic E-state index is 12.8. The van der Waals surface area contributed by atoms with E-state index >= 15 is 0 Å². The number of hydrogen-bond acceptors (Lipinski definition) is 6. The molecule has 0 spiro atoms. The van der Waals surface area contributed by atoms with Crippen molar-refractivity contribution in [1.82, 2.24) is 4.72 Å². The van der Waals surface area contributed by atoms with Gasteiger partial charge in [0.25, 0.3) is 16.1 Å². The zero-order valence-corrected chi connectivity index (χ0v) is 17.5. The van der Waals surface area contributed by atoms with E-state index in [1.165, 1.54) is 0 Å². The first-order valence-corrected chi connectivity index (χ1v) is 11.0. The van der Waals surface area contributed by atoms with Crippen LogP contribution in [-0.2, 0) is 15.0 Å². The lowest BCUT2D eigenvalue weighted by molar-refractivity contribution is -0.120. The molecule has 2 aromatic rings. The quantitative estimate of drug-likeness (QED) is 0.307. The first kappa shape index (κ1) is 21.6. The van der Waals surface area contributed by atoms with Gasteiger partial charge >= 0.3 is 0 Å². The third-order valence-corrected chi connectivity index (χ3v) is 5.59. The topological polar surface area (TPSA) is 164 Å². The Morgan fingerprint density at radius 1 is 1.33 bits per heavy atom. The summed E-state index contributed by atoms with van der Waals surface area (Å²) >= 11 is 0. The molecule has 1 aromatic heterocycles.